The molecule has 3 heterocycles. The number of Topliss-reactive ketones (excluding diaryl/α,β-unsaturated/α-hetero) is 1. The molecule has 2 aromatic rings. The topological polar surface area (TPSA) is 61.4 Å². The molecule has 2 N–H and O–H groups in total. The minimum atomic E-state index is -2.89. The number of halogens is 5. The summed E-state index contributed by atoms with van der Waals surface area (Å²) in [5, 5.41) is 6.64. The Morgan fingerprint density at radius 2 is 1.76 bits per heavy atom. The molecule has 3 aliphatic heterocycles. The van der Waals surface area contributed by atoms with Crippen LogP contribution in [0, 0.1) is 5.82 Å². The molecule has 1 saturated carbocycles. The molecule has 2 aromatic carbocycles. The molecule has 10 heteroatoms. The number of hydrogen-bond donors (Lipinski definition) is 2. The maximum atomic E-state index is 15.9. The van der Waals surface area contributed by atoms with E-state index in [9.17, 15) is 18.4 Å². The number of alkyl halides is 2. The molecule has 0 unspecified atom stereocenters. The quantitative estimate of drug-likeness (QED) is 0.376. The lowest BCUT2D eigenvalue weighted by Crippen LogP contribution is -2.61. The molecule has 4 aliphatic rings. The number of carbonyl (C=O) groups is 2. The number of piperidine rings is 1. The number of ketones is 1. The number of rotatable bonds is 6. The summed E-state index contributed by atoms with van der Waals surface area (Å²) < 4.78 is 45.1. The fourth-order valence-electron chi connectivity index (χ4n) is 7.97. The van der Waals surface area contributed by atoms with Gasteiger partial charge in [0.2, 0.25) is 11.8 Å². The highest BCUT2D eigenvalue weighted by Gasteiger charge is 2.73. The first-order valence-electron chi connectivity index (χ1n) is 14.5. The third-order valence-electron chi connectivity index (χ3n) is 9.84. The maximum absolute atomic E-state index is 15.9. The van der Waals surface area contributed by atoms with Crippen LogP contribution in [0.25, 0.3) is 0 Å². The maximum Gasteiger partial charge on any atom is 0.248 e. The van der Waals surface area contributed by atoms with Gasteiger partial charge in [-0.2, -0.15) is 0 Å². The first kappa shape index (κ1) is 29.0. The van der Waals surface area contributed by atoms with E-state index in [1.807, 2.05) is 0 Å². The number of nitrogens with one attached hydrogen (secondary N) is 2. The van der Waals surface area contributed by atoms with Gasteiger partial charge in [0.15, 0.2) is 0 Å². The van der Waals surface area contributed by atoms with E-state index in [0.717, 1.165) is 32.5 Å². The van der Waals surface area contributed by atoms with Gasteiger partial charge in [-0.25, -0.2) is 13.2 Å². The molecule has 1 aliphatic carbocycles. The minimum Gasteiger partial charge on any atom is -0.325 e. The minimum absolute atomic E-state index is 0.0499. The van der Waals surface area contributed by atoms with E-state index in [-0.39, 0.29) is 35.6 Å². The number of anilines is 1. The molecule has 2 spiro atoms. The van der Waals surface area contributed by atoms with Crippen LogP contribution >= 0.6 is 23.2 Å². The number of nitrogens with zero attached hydrogens (tertiary/aromatic N) is 1. The predicted molar refractivity (Wildman–Crippen MR) is 154 cm³/mol. The van der Waals surface area contributed by atoms with Crippen LogP contribution in [0.3, 0.4) is 0 Å². The normalized spacial score (nSPS) is 28.7. The Kier molecular flexibility index (Phi) is 7.67. The van der Waals surface area contributed by atoms with E-state index in [1.54, 1.807) is 30.3 Å². The lowest BCUT2D eigenvalue weighted by atomic mass is 9.55. The van der Waals surface area contributed by atoms with Crippen molar-refractivity contribution in [2.24, 2.45) is 0 Å². The van der Waals surface area contributed by atoms with Crippen LogP contribution in [-0.4, -0.2) is 53.7 Å². The Balaban J connectivity index is 1.47. The van der Waals surface area contributed by atoms with E-state index in [4.69, 9.17) is 23.2 Å². The van der Waals surface area contributed by atoms with Gasteiger partial charge < -0.3 is 10.2 Å². The molecular weight excluding hydrogens is 574 g/mol. The van der Waals surface area contributed by atoms with E-state index >= 15 is 4.39 Å². The van der Waals surface area contributed by atoms with Gasteiger partial charge in [0.05, 0.1) is 11.1 Å². The van der Waals surface area contributed by atoms with Gasteiger partial charge >= 0.3 is 0 Å². The molecule has 3 fully saturated rings. The highest BCUT2D eigenvalue weighted by molar-refractivity contribution is 6.31. The highest BCUT2D eigenvalue weighted by Crippen LogP contribution is 2.64. The van der Waals surface area contributed by atoms with Crippen molar-refractivity contribution >= 4 is 40.6 Å². The van der Waals surface area contributed by atoms with Crippen molar-refractivity contribution in [3.63, 3.8) is 0 Å². The Morgan fingerprint density at radius 1 is 1.02 bits per heavy atom. The number of benzene rings is 2. The summed E-state index contributed by atoms with van der Waals surface area (Å²) in [5.41, 5.74) is -1.61. The average molecular weight is 609 g/mol. The van der Waals surface area contributed by atoms with E-state index in [1.165, 1.54) is 12.5 Å². The Bertz CT molecular complexity index is 1360. The Hall–Kier alpha value is -2.13. The summed E-state index contributed by atoms with van der Waals surface area (Å²) in [7, 11) is 0. The number of hydrogen-bond acceptors (Lipinski definition) is 4. The second kappa shape index (κ2) is 10.9. The van der Waals surface area contributed by atoms with Crippen LogP contribution in [0.5, 0.6) is 0 Å². The standard InChI is InChI=1S/C31H34Cl2F3N3O2/c32-19-9-10-21-23(18-19)37-28(41)31(21)25(20-6-4-7-22(33)26(20)34)27(38-29(31)11-13-30(35,36)14-12-29)24(40)8-5-17-39-15-2-1-3-16-39/h4,6-7,9-10,18,25,27,38H,1-3,5,8,11-17H2,(H,37,41)/t25-,27-,31-/m0/s1. The molecule has 41 heavy (non-hydrogen) atoms. The third kappa shape index (κ3) is 4.79. The number of fused-ring (bicyclic) bond motifs is 3. The zero-order valence-electron chi connectivity index (χ0n) is 22.8. The predicted octanol–water partition coefficient (Wildman–Crippen LogP) is 6.86. The van der Waals surface area contributed by atoms with Gasteiger partial charge in [-0.1, -0.05) is 47.8 Å². The van der Waals surface area contributed by atoms with E-state index in [2.05, 4.69) is 15.5 Å². The van der Waals surface area contributed by atoms with Gasteiger partial charge in [-0.3, -0.25) is 14.9 Å². The Morgan fingerprint density at radius 3 is 2.49 bits per heavy atom. The number of likely N-dealkylation sites (tertiary alicyclic amines) is 1. The molecule has 6 rings (SSSR count). The van der Waals surface area contributed by atoms with Crippen LogP contribution < -0.4 is 10.6 Å². The SMILES string of the molecule is O=C(CCCN1CCCCC1)[C@@H]1NC2(CCC(F)(F)CC2)[C@]2(C(=O)Nc3cc(Cl)ccc32)[C@H]1c1cccc(Cl)c1F. The fourth-order valence-corrected chi connectivity index (χ4v) is 8.32. The molecule has 3 atom stereocenters. The molecular formula is C31H34Cl2F3N3O2. The molecule has 1 amide bonds. The fraction of sp³-hybridized carbons (Fsp3) is 0.548. The van der Waals surface area contributed by atoms with E-state index < -0.39 is 53.4 Å². The average Bonchev–Trinajstić information content (AvgIpc) is 3.40. The zero-order valence-corrected chi connectivity index (χ0v) is 24.3. The smallest absolute Gasteiger partial charge is 0.248 e. The van der Waals surface area contributed by atoms with Crippen LogP contribution in [-0.2, 0) is 15.0 Å². The van der Waals surface area contributed by atoms with Crippen molar-refractivity contribution in [2.45, 2.75) is 86.6 Å². The van der Waals surface area contributed by atoms with Crippen molar-refractivity contribution in [3.05, 3.63) is 63.4 Å². The van der Waals surface area contributed by atoms with E-state index in [0.29, 0.717) is 22.7 Å². The summed E-state index contributed by atoms with van der Waals surface area (Å²) in [5.74, 6) is -5.20. The second-order valence-electron chi connectivity index (χ2n) is 12.1. The van der Waals surface area contributed by atoms with Crippen LogP contribution in [0.1, 0.15) is 74.8 Å². The zero-order chi connectivity index (χ0) is 29.0. The third-order valence-corrected chi connectivity index (χ3v) is 10.4. The van der Waals surface area contributed by atoms with Crippen LogP contribution in [0.2, 0.25) is 10.0 Å². The Labute approximate surface area is 248 Å². The summed E-state index contributed by atoms with van der Waals surface area (Å²) in [6.45, 7) is 2.79. The first-order valence-corrected chi connectivity index (χ1v) is 15.3. The van der Waals surface area contributed by atoms with Gasteiger partial charge in [0.1, 0.15) is 17.0 Å². The number of amides is 1. The van der Waals surface area contributed by atoms with Crippen molar-refractivity contribution in [1.82, 2.24) is 10.2 Å². The van der Waals surface area contributed by atoms with Crippen LogP contribution in [0.15, 0.2) is 36.4 Å². The van der Waals surface area contributed by atoms with Crippen molar-refractivity contribution in [3.8, 4) is 0 Å². The molecule has 0 aromatic heterocycles. The van der Waals surface area contributed by atoms with Crippen LogP contribution in [0.4, 0.5) is 18.9 Å². The highest BCUT2D eigenvalue weighted by atomic mass is 35.5. The first-order chi connectivity index (χ1) is 19.6. The molecule has 0 bridgehead atoms. The lowest BCUT2D eigenvalue weighted by molar-refractivity contribution is -0.126. The lowest BCUT2D eigenvalue weighted by Gasteiger charge is -2.48. The van der Waals surface area contributed by atoms with Gasteiger partial charge in [0, 0.05) is 41.4 Å². The summed E-state index contributed by atoms with van der Waals surface area (Å²) in [6, 6.07) is 8.58. The number of carbonyl (C=O) groups excluding carboxylic acids is 2. The molecule has 0 radical (unpaired) electrons. The van der Waals surface area contributed by atoms with Crippen molar-refractivity contribution in [2.75, 3.05) is 25.0 Å². The summed E-state index contributed by atoms with van der Waals surface area (Å²) in [4.78, 5) is 30.8. The van der Waals surface area contributed by atoms with Crippen molar-refractivity contribution < 1.29 is 22.8 Å². The summed E-state index contributed by atoms with van der Waals surface area (Å²) >= 11 is 12.5. The molecule has 5 nitrogen and oxygen atoms in total. The summed E-state index contributed by atoms with van der Waals surface area (Å²) in [6.07, 6.45) is 3.36. The van der Waals surface area contributed by atoms with Gasteiger partial charge in [-0.05, 0) is 81.1 Å². The second-order valence-corrected chi connectivity index (χ2v) is 12.9. The molecule has 2 saturated heterocycles. The van der Waals surface area contributed by atoms with Crippen molar-refractivity contribution in [1.29, 1.82) is 0 Å². The van der Waals surface area contributed by atoms with Gasteiger partial charge in [-0.15, -0.1) is 0 Å². The van der Waals surface area contributed by atoms with Gasteiger partial charge in [0.25, 0.3) is 0 Å². The molecule has 220 valence electrons. The largest absolute Gasteiger partial charge is 0.325 e. The monoisotopic (exact) mass is 607 g/mol.